The fourth-order valence-corrected chi connectivity index (χ4v) is 2.71. The summed E-state index contributed by atoms with van der Waals surface area (Å²) in [5, 5.41) is 5.43. The molecular formula is C21H19F2N3O2. The quantitative estimate of drug-likeness (QED) is 0.639. The van der Waals surface area contributed by atoms with Crippen LogP contribution in [0.1, 0.15) is 16.1 Å². The van der Waals surface area contributed by atoms with E-state index in [1.54, 1.807) is 13.2 Å². The molecule has 0 radical (unpaired) electrons. The SMILES string of the molecule is COc1ccccc1CCNc1ccnc(C(=O)Nc2c(F)cccc2F)c1. The standard InChI is InChI=1S/C21H19F2N3O2/c1-28-19-8-3-2-5-14(19)9-11-24-15-10-12-25-18(13-15)21(27)26-20-16(22)6-4-7-17(20)23/h2-8,10,12-13H,9,11H2,1H3,(H,24,25)(H,26,27). The summed E-state index contributed by atoms with van der Waals surface area (Å²) >= 11 is 0. The Kier molecular flexibility index (Phi) is 6.16. The average Bonchev–Trinajstić information content (AvgIpc) is 2.71. The maximum Gasteiger partial charge on any atom is 0.274 e. The third-order valence-electron chi connectivity index (χ3n) is 4.11. The van der Waals surface area contributed by atoms with E-state index in [0.29, 0.717) is 18.7 Å². The van der Waals surface area contributed by atoms with Crippen LogP contribution in [0.2, 0.25) is 0 Å². The van der Waals surface area contributed by atoms with E-state index < -0.39 is 23.2 Å². The molecule has 0 aliphatic heterocycles. The number of hydrogen-bond acceptors (Lipinski definition) is 4. The second-order valence-corrected chi connectivity index (χ2v) is 5.97. The molecule has 0 unspecified atom stereocenters. The van der Waals surface area contributed by atoms with E-state index in [1.807, 2.05) is 24.3 Å². The van der Waals surface area contributed by atoms with Crippen molar-refractivity contribution < 1.29 is 18.3 Å². The number of aromatic nitrogens is 1. The molecule has 0 fully saturated rings. The van der Waals surface area contributed by atoms with Crippen LogP contribution < -0.4 is 15.4 Å². The molecular weight excluding hydrogens is 364 g/mol. The molecule has 0 aliphatic carbocycles. The number of methoxy groups -OCH3 is 1. The first-order valence-corrected chi connectivity index (χ1v) is 8.65. The van der Waals surface area contributed by atoms with Crippen LogP contribution in [-0.4, -0.2) is 24.5 Å². The minimum Gasteiger partial charge on any atom is -0.496 e. The number of nitrogens with zero attached hydrogens (tertiary/aromatic N) is 1. The van der Waals surface area contributed by atoms with Crippen LogP contribution in [0.5, 0.6) is 5.75 Å². The van der Waals surface area contributed by atoms with Crippen molar-refractivity contribution in [2.24, 2.45) is 0 Å². The number of carbonyl (C=O) groups excluding carboxylic acids is 1. The number of ether oxygens (including phenoxy) is 1. The minimum absolute atomic E-state index is 0.0462. The molecule has 1 amide bonds. The first-order valence-electron chi connectivity index (χ1n) is 8.65. The van der Waals surface area contributed by atoms with E-state index in [0.717, 1.165) is 23.4 Å². The van der Waals surface area contributed by atoms with Gasteiger partial charge in [0.1, 0.15) is 28.8 Å². The summed E-state index contributed by atoms with van der Waals surface area (Å²) in [6.07, 6.45) is 2.17. The van der Waals surface area contributed by atoms with Gasteiger partial charge >= 0.3 is 0 Å². The van der Waals surface area contributed by atoms with Crippen LogP contribution in [0, 0.1) is 11.6 Å². The fraction of sp³-hybridized carbons (Fsp3) is 0.143. The summed E-state index contributed by atoms with van der Waals surface area (Å²) in [7, 11) is 1.62. The Morgan fingerprint density at radius 1 is 1.07 bits per heavy atom. The zero-order chi connectivity index (χ0) is 19.9. The molecule has 0 saturated carbocycles. The van der Waals surface area contributed by atoms with Crippen molar-refractivity contribution in [3.63, 3.8) is 0 Å². The van der Waals surface area contributed by atoms with Gasteiger partial charge < -0.3 is 15.4 Å². The van der Waals surface area contributed by atoms with Gasteiger partial charge in [0, 0.05) is 18.4 Å². The van der Waals surface area contributed by atoms with Gasteiger partial charge in [0.05, 0.1) is 7.11 Å². The molecule has 1 heterocycles. The van der Waals surface area contributed by atoms with Gasteiger partial charge in [0.2, 0.25) is 0 Å². The van der Waals surface area contributed by atoms with Crippen molar-refractivity contribution in [1.82, 2.24) is 4.98 Å². The number of pyridine rings is 1. The van der Waals surface area contributed by atoms with E-state index in [4.69, 9.17) is 4.74 Å². The Hall–Kier alpha value is -3.48. The van der Waals surface area contributed by atoms with E-state index in [-0.39, 0.29) is 5.69 Å². The second-order valence-electron chi connectivity index (χ2n) is 5.97. The van der Waals surface area contributed by atoms with Gasteiger partial charge in [-0.05, 0) is 42.3 Å². The smallest absolute Gasteiger partial charge is 0.274 e. The van der Waals surface area contributed by atoms with Crippen molar-refractivity contribution in [3.8, 4) is 5.75 Å². The van der Waals surface area contributed by atoms with Crippen molar-refractivity contribution in [2.45, 2.75) is 6.42 Å². The van der Waals surface area contributed by atoms with E-state index in [1.165, 1.54) is 18.3 Å². The van der Waals surface area contributed by atoms with E-state index in [2.05, 4.69) is 15.6 Å². The molecule has 3 rings (SSSR count). The fourth-order valence-electron chi connectivity index (χ4n) is 2.71. The number of hydrogen-bond donors (Lipinski definition) is 2. The number of halogens is 2. The normalized spacial score (nSPS) is 10.4. The highest BCUT2D eigenvalue weighted by molar-refractivity contribution is 6.03. The Balaban J connectivity index is 1.64. The number of amides is 1. The summed E-state index contributed by atoms with van der Waals surface area (Å²) in [5.74, 6) is -1.58. The third kappa shape index (κ3) is 4.62. The molecule has 2 N–H and O–H groups in total. The van der Waals surface area contributed by atoms with Crippen LogP contribution in [0.3, 0.4) is 0 Å². The van der Waals surface area contributed by atoms with E-state index in [9.17, 15) is 13.6 Å². The van der Waals surface area contributed by atoms with Gasteiger partial charge in [-0.2, -0.15) is 0 Å². The maximum atomic E-state index is 13.7. The first-order chi connectivity index (χ1) is 13.6. The number of para-hydroxylation sites is 2. The highest BCUT2D eigenvalue weighted by Gasteiger charge is 2.14. The molecule has 0 aliphatic rings. The van der Waals surface area contributed by atoms with Crippen molar-refractivity contribution >= 4 is 17.3 Å². The Bertz CT molecular complexity index is 959. The molecule has 1 aromatic heterocycles. The predicted molar refractivity (Wildman–Crippen MR) is 104 cm³/mol. The molecule has 7 heteroatoms. The molecule has 0 atom stereocenters. The first kappa shape index (κ1) is 19.3. The van der Waals surface area contributed by atoms with Crippen LogP contribution in [-0.2, 0) is 6.42 Å². The summed E-state index contributed by atoms with van der Waals surface area (Å²) in [5.41, 5.74) is 1.28. The summed E-state index contributed by atoms with van der Waals surface area (Å²) in [6.45, 7) is 0.605. The molecule has 0 saturated heterocycles. The zero-order valence-electron chi connectivity index (χ0n) is 15.2. The van der Waals surface area contributed by atoms with Gasteiger partial charge in [-0.25, -0.2) is 8.78 Å². The lowest BCUT2D eigenvalue weighted by molar-refractivity contribution is 0.102. The Morgan fingerprint density at radius 2 is 1.82 bits per heavy atom. The van der Waals surface area contributed by atoms with Gasteiger partial charge in [-0.15, -0.1) is 0 Å². The number of carbonyl (C=O) groups is 1. The lowest BCUT2D eigenvalue weighted by atomic mass is 10.1. The molecule has 2 aromatic carbocycles. The van der Waals surface area contributed by atoms with Crippen molar-refractivity contribution in [2.75, 3.05) is 24.3 Å². The third-order valence-corrected chi connectivity index (χ3v) is 4.11. The predicted octanol–water partition coefficient (Wildman–Crippen LogP) is 4.28. The van der Waals surface area contributed by atoms with Crippen LogP contribution in [0.4, 0.5) is 20.2 Å². The van der Waals surface area contributed by atoms with Crippen molar-refractivity contribution in [1.29, 1.82) is 0 Å². The van der Waals surface area contributed by atoms with Gasteiger partial charge in [-0.3, -0.25) is 9.78 Å². The maximum absolute atomic E-state index is 13.7. The largest absolute Gasteiger partial charge is 0.496 e. The summed E-state index contributed by atoms with van der Waals surface area (Å²) in [4.78, 5) is 16.3. The average molecular weight is 383 g/mol. The molecule has 0 bridgehead atoms. The molecule has 3 aromatic rings. The van der Waals surface area contributed by atoms with Gasteiger partial charge in [-0.1, -0.05) is 24.3 Å². The molecule has 0 spiro atoms. The number of anilines is 2. The topological polar surface area (TPSA) is 63.2 Å². The highest BCUT2D eigenvalue weighted by Crippen LogP contribution is 2.20. The van der Waals surface area contributed by atoms with Gasteiger partial charge in [0.25, 0.3) is 5.91 Å². The number of benzene rings is 2. The Morgan fingerprint density at radius 3 is 2.57 bits per heavy atom. The summed E-state index contributed by atoms with van der Waals surface area (Å²) in [6, 6.07) is 14.3. The summed E-state index contributed by atoms with van der Waals surface area (Å²) < 4.78 is 32.7. The van der Waals surface area contributed by atoms with Crippen molar-refractivity contribution in [3.05, 3.63) is 83.7 Å². The van der Waals surface area contributed by atoms with E-state index >= 15 is 0 Å². The zero-order valence-corrected chi connectivity index (χ0v) is 15.2. The Labute approximate surface area is 161 Å². The van der Waals surface area contributed by atoms with Crippen LogP contribution >= 0.6 is 0 Å². The monoisotopic (exact) mass is 383 g/mol. The minimum atomic E-state index is -0.848. The van der Waals surface area contributed by atoms with Crippen LogP contribution in [0.25, 0.3) is 0 Å². The number of nitrogens with one attached hydrogen (secondary N) is 2. The van der Waals surface area contributed by atoms with Gasteiger partial charge in [0.15, 0.2) is 0 Å². The molecule has 28 heavy (non-hydrogen) atoms. The lowest BCUT2D eigenvalue weighted by Crippen LogP contribution is -2.16. The van der Waals surface area contributed by atoms with Crippen LogP contribution in [0.15, 0.2) is 60.8 Å². The second kappa shape index (κ2) is 8.94. The molecule has 5 nitrogen and oxygen atoms in total. The lowest BCUT2D eigenvalue weighted by Gasteiger charge is -2.11. The molecule has 144 valence electrons. The number of rotatable bonds is 7. The highest BCUT2D eigenvalue weighted by atomic mass is 19.1.